The van der Waals surface area contributed by atoms with Gasteiger partial charge < -0.3 is 0 Å². The standard InChI is InChI=1S/C11H13F/c1-7-5-10(9-3-4-9)6-11(12)8(7)2/h5-6,9H,3-4H2,1-2H3. The van der Waals surface area contributed by atoms with E-state index in [1.165, 1.54) is 18.4 Å². The van der Waals surface area contributed by atoms with Gasteiger partial charge in [-0.3, -0.25) is 0 Å². The van der Waals surface area contributed by atoms with Crippen LogP contribution in [0.1, 0.15) is 35.4 Å². The summed E-state index contributed by atoms with van der Waals surface area (Å²) in [4.78, 5) is 0. The second-order valence-corrected chi connectivity index (χ2v) is 3.72. The van der Waals surface area contributed by atoms with Crippen molar-refractivity contribution in [3.05, 3.63) is 34.6 Å². The molecule has 1 saturated carbocycles. The van der Waals surface area contributed by atoms with Gasteiger partial charge in [-0.25, -0.2) is 4.39 Å². The SMILES string of the molecule is Cc1cc(C2CC2)cc(F)c1C. The van der Waals surface area contributed by atoms with Gasteiger partial charge in [0.25, 0.3) is 0 Å². The van der Waals surface area contributed by atoms with Crippen LogP contribution in [0, 0.1) is 19.7 Å². The summed E-state index contributed by atoms with van der Waals surface area (Å²) in [5.41, 5.74) is 3.06. The number of halogens is 1. The molecule has 1 aliphatic rings. The average Bonchev–Trinajstić information content (AvgIpc) is 2.81. The second-order valence-electron chi connectivity index (χ2n) is 3.72. The van der Waals surface area contributed by atoms with Crippen molar-refractivity contribution in [2.75, 3.05) is 0 Å². The Bertz CT molecular complexity index is 288. The molecule has 0 amide bonds. The summed E-state index contributed by atoms with van der Waals surface area (Å²) in [6.45, 7) is 3.81. The summed E-state index contributed by atoms with van der Waals surface area (Å²) >= 11 is 0. The molecule has 64 valence electrons. The summed E-state index contributed by atoms with van der Waals surface area (Å²) in [5, 5.41) is 0. The van der Waals surface area contributed by atoms with Crippen molar-refractivity contribution in [3.8, 4) is 0 Å². The minimum absolute atomic E-state index is 0.0445. The Kier molecular flexibility index (Phi) is 1.67. The molecule has 1 heteroatoms. The minimum Gasteiger partial charge on any atom is -0.207 e. The van der Waals surface area contributed by atoms with Gasteiger partial charge in [-0.05, 0) is 55.4 Å². The fourth-order valence-electron chi connectivity index (χ4n) is 1.50. The molecule has 12 heavy (non-hydrogen) atoms. The predicted octanol–water partition coefficient (Wildman–Crippen LogP) is 3.32. The zero-order valence-electron chi connectivity index (χ0n) is 7.52. The van der Waals surface area contributed by atoms with E-state index in [1.54, 1.807) is 6.07 Å². The normalized spacial score (nSPS) is 16.6. The van der Waals surface area contributed by atoms with E-state index >= 15 is 0 Å². The lowest BCUT2D eigenvalue weighted by molar-refractivity contribution is 0.614. The third-order valence-corrected chi connectivity index (χ3v) is 2.68. The summed E-state index contributed by atoms with van der Waals surface area (Å²) in [6, 6.07) is 3.82. The monoisotopic (exact) mass is 164 g/mol. The smallest absolute Gasteiger partial charge is 0.126 e. The Morgan fingerprint density at radius 3 is 2.42 bits per heavy atom. The molecule has 1 aromatic carbocycles. The van der Waals surface area contributed by atoms with Gasteiger partial charge in [-0.1, -0.05) is 6.07 Å². The quantitative estimate of drug-likeness (QED) is 0.597. The maximum Gasteiger partial charge on any atom is 0.126 e. The molecule has 2 rings (SSSR count). The Labute approximate surface area is 72.4 Å². The van der Waals surface area contributed by atoms with Gasteiger partial charge in [0.05, 0.1) is 0 Å². The van der Waals surface area contributed by atoms with Crippen LogP contribution in [-0.4, -0.2) is 0 Å². The molecule has 0 radical (unpaired) electrons. The van der Waals surface area contributed by atoms with Gasteiger partial charge in [0.2, 0.25) is 0 Å². The van der Waals surface area contributed by atoms with Crippen LogP contribution in [0.15, 0.2) is 12.1 Å². The van der Waals surface area contributed by atoms with Crippen molar-refractivity contribution in [2.45, 2.75) is 32.6 Å². The third-order valence-electron chi connectivity index (χ3n) is 2.68. The maximum absolute atomic E-state index is 13.2. The van der Waals surface area contributed by atoms with Gasteiger partial charge in [-0.15, -0.1) is 0 Å². The molecule has 0 aliphatic heterocycles. The zero-order chi connectivity index (χ0) is 8.72. The number of hydrogen-bond donors (Lipinski definition) is 0. The molecule has 0 nitrogen and oxygen atoms in total. The van der Waals surface area contributed by atoms with Crippen molar-refractivity contribution in [1.82, 2.24) is 0 Å². The Morgan fingerprint density at radius 2 is 1.92 bits per heavy atom. The first kappa shape index (κ1) is 7.78. The first-order valence-electron chi connectivity index (χ1n) is 4.45. The highest BCUT2D eigenvalue weighted by molar-refractivity contribution is 5.34. The molecule has 0 heterocycles. The average molecular weight is 164 g/mol. The lowest BCUT2D eigenvalue weighted by Crippen LogP contribution is -1.90. The molecule has 0 unspecified atom stereocenters. The topological polar surface area (TPSA) is 0 Å². The van der Waals surface area contributed by atoms with E-state index in [9.17, 15) is 4.39 Å². The molecule has 1 aromatic rings. The van der Waals surface area contributed by atoms with Crippen LogP contribution in [0.5, 0.6) is 0 Å². The lowest BCUT2D eigenvalue weighted by atomic mass is 10.0. The van der Waals surface area contributed by atoms with E-state index in [4.69, 9.17) is 0 Å². The molecular formula is C11H13F. The first-order valence-corrected chi connectivity index (χ1v) is 4.45. The molecule has 0 spiro atoms. The summed E-state index contributed by atoms with van der Waals surface area (Å²) < 4.78 is 13.2. The molecule has 0 atom stereocenters. The number of benzene rings is 1. The van der Waals surface area contributed by atoms with Crippen molar-refractivity contribution in [1.29, 1.82) is 0 Å². The van der Waals surface area contributed by atoms with Crippen LogP contribution in [0.3, 0.4) is 0 Å². The third kappa shape index (κ3) is 1.24. The number of hydrogen-bond acceptors (Lipinski definition) is 0. The minimum atomic E-state index is -0.0445. The number of aryl methyl sites for hydroxylation is 1. The van der Waals surface area contributed by atoms with Crippen LogP contribution in [0.2, 0.25) is 0 Å². The van der Waals surface area contributed by atoms with E-state index in [0.717, 1.165) is 11.1 Å². The molecular weight excluding hydrogens is 151 g/mol. The van der Waals surface area contributed by atoms with Gasteiger partial charge in [0, 0.05) is 0 Å². The van der Waals surface area contributed by atoms with E-state index in [0.29, 0.717) is 5.92 Å². The highest BCUT2D eigenvalue weighted by atomic mass is 19.1. The Hall–Kier alpha value is -0.850. The predicted molar refractivity (Wildman–Crippen MR) is 47.8 cm³/mol. The zero-order valence-corrected chi connectivity index (χ0v) is 7.52. The van der Waals surface area contributed by atoms with E-state index in [1.807, 2.05) is 13.8 Å². The van der Waals surface area contributed by atoms with Crippen LogP contribution in [0.4, 0.5) is 4.39 Å². The lowest BCUT2D eigenvalue weighted by Gasteiger charge is -2.05. The van der Waals surface area contributed by atoms with Crippen molar-refractivity contribution in [2.24, 2.45) is 0 Å². The summed E-state index contributed by atoms with van der Waals surface area (Å²) in [7, 11) is 0. The largest absolute Gasteiger partial charge is 0.207 e. The van der Waals surface area contributed by atoms with Crippen LogP contribution < -0.4 is 0 Å². The molecule has 0 saturated heterocycles. The van der Waals surface area contributed by atoms with Gasteiger partial charge >= 0.3 is 0 Å². The van der Waals surface area contributed by atoms with Crippen LogP contribution >= 0.6 is 0 Å². The highest BCUT2D eigenvalue weighted by Crippen LogP contribution is 2.40. The van der Waals surface area contributed by atoms with Crippen molar-refractivity contribution in [3.63, 3.8) is 0 Å². The van der Waals surface area contributed by atoms with Crippen molar-refractivity contribution < 1.29 is 4.39 Å². The fourth-order valence-corrected chi connectivity index (χ4v) is 1.50. The first-order chi connectivity index (χ1) is 5.68. The van der Waals surface area contributed by atoms with Crippen LogP contribution in [0.25, 0.3) is 0 Å². The fraction of sp³-hybridized carbons (Fsp3) is 0.455. The molecule has 1 fully saturated rings. The Morgan fingerprint density at radius 1 is 1.25 bits per heavy atom. The number of rotatable bonds is 1. The second kappa shape index (κ2) is 2.58. The molecule has 1 aliphatic carbocycles. The van der Waals surface area contributed by atoms with Gasteiger partial charge in [0.1, 0.15) is 5.82 Å². The molecule has 0 N–H and O–H groups in total. The Balaban J connectivity index is 2.45. The highest BCUT2D eigenvalue weighted by Gasteiger charge is 2.24. The van der Waals surface area contributed by atoms with Crippen LogP contribution in [-0.2, 0) is 0 Å². The van der Waals surface area contributed by atoms with E-state index < -0.39 is 0 Å². The maximum atomic E-state index is 13.2. The molecule has 0 aromatic heterocycles. The van der Waals surface area contributed by atoms with Gasteiger partial charge in [-0.2, -0.15) is 0 Å². The molecule has 0 bridgehead atoms. The summed E-state index contributed by atoms with van der Waals surface area (Å²) in [5.74, 6) is 0.607. The van der Waals surface area contributed by atoms with E-state index in [2.05, 4.69) is 6.07 Å². The van der Waals surface area contributed by atoms with Crippen molar-refractivity contribution >= 4 is 0 Å². The van der Waals surface area contributed by atoms with Gasteiger partial charge in [0.15, 0.2) is 0 Å². The van der Waals surface area contributed by atoms with E-state index in [-0.39, 0.29) is 5.82 Å². The summed E-state index contributed by atoms with van der Waals surface area (Å²) in [6.07, 6.45) is 2.48.